The minimum absolute atomic E-state index is 0.0120. The van der Waals surface area contributed by atoms with Gasteiger partial charge >= 0.3 is 0 Å². The van der Waals surface area contributed by atoms with Crippen LogP contribution in [0.3, 0.4) is 0 Å². The van der Waals surface area contributed by atoms with Gasteiger partial charge in [0.1, 0.15) is 6.04 Å². The van der Waals surface area contributed by atoms with Crippen LogP contribution in [0.5, 0.6) is 0 Å². The molecule has 1 saturated heterocycles. The summed E-state index contributed by atoms with van der Waals surface area (Å²) in [4.78, 5) is 39.8. The van der Waals surface area contributed by atoms with Crippen LogP contribution in [0, 0.1) is 17.8 Å². The fourth-order valence-electron chi connectivity index (χ4n) is 3.59. The lowest BCUT2D eigenvalue weighted by molar-refractivity contribution is -0.133. The molecule has 1 heterocycles. The van der Waals surface area contributed by atoms with Gasteiger partial charge in [-0.15, -0.1) is 0 Å². The highest BCUT2D eigenvalue weighted by Crippen LogP contribution is 2.23. The molecule has 1 aliphatic rings. The summed E-state index contributed by atoms with van der Waals surface area (Å²) in [5.74, 6) is 0.467. The van der Waals surface area contributed by atoms with Crippen molar-refractivity contribution in [2.45, 2.75) is 53.0 Å². The Kier molecular flexibility index (Phi) is 8.68. The normalized spacial score (nSPS) is 16.0. The summed E-state index contributed by atoms with van der Waals surface area (Å²) in [5.41, 5.74) is 0.540. The number of likely N-dealkylation sites (tertiary alicyclic amines) is 1. The molecule has 1 atom stereocenters. The Morgan fingerprint density at radius 2 is 1.62 bits per heavy atom. The summed E-state index contributed by atoms with van der Waals surface area (Å²) in [7, 11) is 0. The van der Waals surface area contributed by atoms with Crippen molar-refractivity contribution in [3.63, 3.8) is 0 Å². The van der Waals surface area contributed by atoms with Gasteiger partial charge in [0.2, 0.25) is 11.8 Å². The standard InChI is InChI=1S/C23H35N3O3/c1-16(2)14-20(27)26-12-10-18(11-13-26)21(23(29)24-15-17(3)4)25-22(28)19-8-6-5-7-9-19/h5-9,16-18,21H,10-15H2,1-4H3,(H,24,29)(H,25,28)/t21-/m0/s1. The monoisotopic (exact) mass is 401 g/mol. The van der Waals surface area contributed by atoms with Gasteiger partial charge in [0, 0.05) is 31.6 Å². The highest BCUT2D eigenvalue weighted by atomic mass is 16.2. The average molecular weight is 402 g/mol. The van der Waals surface area contributed by atoms with Crippen molar-refractivity contribution in [1.82, 2.24) is 15.5 Å². The molecule has 6 nitrogen and oxygen atoms in total. The number of carbonyl (C=O) groups excluding carboxylic acids is 3. The van der Waals surface area contributed by atoms with E-state index in [-0.39, 0.29) is 23.6 Å². The molecule has 2 rings (SSSR count). The van der Waals surface area contributed by atoms with E-state index in [9.17, 15) is 14.4 Å². The SMILES string of the molecule is CC(C)CNC(=O)[C@@H](NC(=O)c1ccccc1)C1CCN(C(=O)CC(C)C)CC1. The van der Waals surface area contributed by atoms with E-state index >= 15 is 0 Å². The molecule has 1 aromatic carbocycles. The molecule has 0 spiro atoms. The second-order valence-electron chi connectivity index (χ2n) is 8.77. The lowest BCUT2D eigenvalue weighted by Gasteiger charge is -2.36. The summed E-state index contributed by atoms with van der Waals surface area (Å²) in [6.07, 6.45) is 1.96. The molecular formula is C23H35N3O3. The van der Waals surface area contributed by atoms with E-state index in [4.69, 9.17) is 0 Å². The fourth-order valence-corrected chi connectivity index (χ4v) is 3.59. The Morgan fingerprint density at radius 3 is 2.17 bits per heavy atom. The van der Waals surface area contributed by atoms with Crippen molar-refractivity contribution in [2.75, 3.05) is 19.6 Å². The van der Waals surface area contributed by atoms with E-state index in [0.717, 1.165) is 0 Å². The second-order valence-corrected chi connectivity index (χ2v) is 8.77. The molecule has 2 N–H and O–H groups in total. The van der Waals surface area contributed by atoms with E-state index < -0.39 is 6.04 Å². The van der Waals surface area contributed by atoms with E-state index in [1.54, 1.807) is 12.1 Å². The number of hydrogen-bond acceptors (Lipinski definition) is 3. The first kappa shape index (κ1) is 22.9. The molecule has 29 heavy (non-hydrogen) atoms. The molecular weight excluding hydrogens is 366 g/mol. The molecule has 1 aromatic rings. The van der Waals surface area contributed by atoms with Crippen LogP contribution in [0.4, 0.5) is 0 Å². The number of piperidine rings is 1. The number of benzene rings is 1. The van der Waals surface area contributed by atoms with Gasteiger partial charge in [-0.2, -0.15) is 0 Å². The van der Waals surface area contributed by atoms with Crippen LogP contribution in [-0.2, 0) is 9.59 Å². The van der Waals surface area contributed by atoms with Crippen LogP contribution in [0.1, 0.15) is 57.3 Å². The first-order valence-electron chi connectivity index (χ1n) is 10.7. The van der Waals surface area contributed by atoms with Crippen LogP contribution in [0.2, 0.25) is 0 Å². The zero-order valence-electron chi connectivity index (χ0n) is 18.1. The fraction of sp³-hybridized carbons (Fsp3) is 0.609. The lowest BCUT2D eigenvalue weighted by Crippen LogP contribution is -2.54. The minimum atomic E-state index is -0.594. The van der Waals surface area contributed by atoms with E-state index in [1.165, 1.54) is 0 Å². The number of amides is 3. The first-order valence-corrected chi connectivity index (χ1v) is 10.7. The van der Waals surface area contributed by atoms with Crippen LogP contribution in [0.15, 0.2) is 30.3 Å². The summed E-state index contributed by atoms with van der Waals surface area (Å²) in [6, 6.07) is 8.36. The number of hydrogen-bond donors (Lipinski definition) is 2. The molecule has 0 bridgehead atoms. The van der Waals surface area contributed by atoms with Crippen molar-refractivity contribution >= 4 is 17.7 Å². The molecule has 0 radical (unpaired) electrons. The van der Waals surface area contributed by atoms with Gasteiger partial charge in [0.15, 0.2) is 0 Å². The van der Waals surface area contributed by atoms with E-state index in [0.29, 0.717) is 56.3 Å². The van der Waals surface area contributed by atoms with Gasteiger partial charge in [-0.05, 0) is 42.7 Å². The molecule has 0 aliphatic carbocycles. The van der Waals surface area contributed by atoms with Crippen LogP contribution in [0.25, 0.3) is 0 Å². The Bertz CT molecular complexity index is 680. The molecule has 0 unspecified atom stereocenters. The van der Waals surface area contributed by atoms with Crippen molar-refractivity contribution in [3.8, 4) is 0 Å². The Morgan fingerprint density at radius 1 is 1.00 bits per heavy atom. The predicted molar refractivity (Wildman–Crippen MR) is 114 cm³/mol. The van der Waals surface area contributed by atoms with Crippen LogP contribution >= 0.6 is 0 Å². The third-order valence-electron chi connectivity index (χ3n) is 5.24. The number of nitrogens with one attached hydrogen (secondary N) is 2. The second kappa shape index (κ2) is 11.0. The van der Waals surface area contributed by atoms with Gasteiger partial charge in [0.25, 0.3) is 5.91 Å². The maximum Gasteiger partial charge on any atom is 0.251 e. The summed E-state index contributed by atoms with van der Waals surface area (Å²) in [6.45, 7) is 9.99. The summed E-state index contributed by atoms with van der Waals surface area (Å²) < 4.78 is 0. The zero-order valence-corrected chi connectivity index (χ0v) is 18.1. The average Bonchev–Trinajstić information content (AvgIpc) is 2.70. The van der Waals surface area contributed by atoms with Crippen molar-refractivity contribution < 1.29 is 14.4 Å². The number of rotatable bonds is 8. The molecule has 160 valence electrons. The molecule has 6 heteroatoms. The van der Waals surface area contributed by atoms with Gasteiger partial charge in [-0.1, -0.05) is 45.9 Å². The quantitative estimate of drug-likeness (QED) is 0.703. The Labute approximate surface area is 174 Å². The van der Waals surface area contributed by atoms with Gasteiger partial charge in [0.05, 0.1) is 0 Å². The first-order chi connectivity index (χ1) is 13.8. The third kappa shape index (κ3) is 7.18. The van der Waals surface area contributed by atoms with Crippen LogP contribution in [-0.4, -0.2) is 48.3 Å². The number of carbonyl (C=O) groups is 3. The molecule has 1 aliphatic heterocycles. The zero-order chi connectivity index (χ0) is 21.4. The Hall–Kier alpha value is -2.37. The van der Waals surface area contributed by atoms with Crippen molar-refractivity contribution in [1.29, 1.82) is 0 Å². The third-order valence-corrected chi connectivity index (χ3v) is 5.24. The topological polar surface area (TPSA) is 78.5 Å². The maximum absolute atomic E-state index is 12.9. The minimum Gasteiger partial charge on any atom is -0.354 e. The molecule has 1 fully saturated rings. The van der Waals surface area contributed by atoms with E-state index in [1.807, 2.05) is 50.8 Å². The van der Waals surface area contributed by atoms with Gasteiger partial charge < -0.3 is 15.5 Å². The largest absolute Gasteiger partial charge is 0.354 e. The summed E-state index contributed by atoms with van der Waals surface area (Å²) in [5, 5.41) is 5.91. The van der Waals surface area contributed by atoms with Gasteiger partial charge in [-0.25, -0.2) is 0 Å². The maximum atomic E-state index is 12.9. The number of nitrogens with zero attached hydrogens (tertiary/aromatic N) is 1. The van der Waals surface area contributed by atoms with E-state index in [2.05, 4.69) is 10.6 Å². The lowest BCUT2D eigenvalue weighted by atomic mass is 9.88. The summed E-state index contributed by atoms with van der Waals surface area (Å²) >= 11 is 0. The Balaban J connectivity index is 2.04. The molecule has 0 saturated carbocycles. The highest BCUT2D eigenvalue weighted by molar-refractivity contribution is 5.97. The van der Waals surface area contributed by atoms with Crippen molar-refractivity contribution in [2.24, 2.45) is 17.8 Å². The van der Waals surface area contributed by atoms with Gasteiger partial charge in [-0.3, -0.25) is 14.4 Å². The highest BCUT2D eigenvalue weighted by Gasteiger charge is 2.34. The molecule has 0 aromatic heterocycles. The van der Waals surface area contributed by atoms with Crippen LogP contribution < -0.4 is 10.6 Å². The van der Waals surface area contributed by atoms with Crippen molar-refractivity contribution in [3.05, 3.63) is 35.9 Å². The predicted octanol–water partition coefficient (Wildman–Crippen LogP) is 2.84. The smallest absolute Gasteiger partial charge is 0.251 e. The molecule has 3 amide bonds.